The van der Waals surface area contributed by atoms with Crippen LogP contribution >= 0.6 is 0 Å². The number of para-hydroxylation sites is 1. The van der Waals surface area contributed by atoms with Gasteiger partial charge >= 0.3 is 6.03 Å². The molecule has 1 aliphatic heterocycles. The zero-order valence-corrected chi connectivity index (χ0v) is 17.9. The van der Waals surface area contributed by atoms with Crippen LogP contribution in [0.25, 0.3) is 17.0 Å². The standard InChI is InChI=1S/C26H18N4O4/c27-13-17-7-9-18(10-8-17)14-29-15-19(21-5-1-2-6-23(21)29)12-22-24(31)28-26(33)30(25(22)32)16-20-4-3-11-34-20/h1-12,15H,14,16H2,(H,28,31,33). The maximum absolute atomic E-state index is 13.1. The molecule has 1 aliphatic rings. The average molecular weight is 450 g/mol. The molecule has 0 atom stereocenters. The van der Waals surface area contributed by atoms with Crippen molar-refractivity contribution in [3.8, 4) is 6.07 Å². The third-order valence-corrected chi connectivity index (χ3v) is 5.64. The molecule has 5 rings (SSSR count). The maximum Gasteiger partial charge on any atom is 0.331 e. The lowest BCUT2D eigenvalue weighted by atomic mass is 10.1. The van der Waals surface area contributed by atoms with E-state index in [2.05, 4.69) is 11.4 Å². The molecule has 34 heavy (non-hydrogen) atoms. The van der Waals surface area contributed by atoms with E-state index in [-0.39, 0.29) is 12.1 Å². The molecule has 8 nitrogen and oxygen atoms in total. The number of nitrogens with one attached hydrogen (secondary N) is 1. The summed E-state index contributed by atoms with van der Waals surface area (Å²) >= 11 is 0. The number of urea groups is 1. The number of benzene rings is 2. The van der Waals surface area contributed by atoms with Crippen molar-refractivity contribution in [3.63, 3.8) is 0 Å². The molecule has 1 N–H and O–H groups in total. The molecule has 4 aromatic rings. The fourth-order valence-electron chi connectivity index (χ4n) is 3.95. The Morgan fingerprint density at radius 2 is 1.76 bits per heavy atom. The van der Waals surface area contributed by atoms with Gasteiger partial charge in [-0.15, -0.1) is 0 Å². The highest BCUT2D eigenvalue weighted by Gasteiger charge is 2.36. The van der Waals surface area contributed by atoms with Gasteiger partial charge in [0.05, 0.1) is 24.4 Å². The van der Waals surface area contributed by atoms with Crippen LogP contribution < -0.4 is 5.32 Å². The second-order valence-electron chi connectivity index (χ2n) is 7.83. The smallest absolute Gasteiger partial charge is 0.331 e. The van der Waals surface area contributed by atoms with Crippen molar-refractivity contribution in [1.82, 2.24) is 14.8 Å². The number of imide groups is 2. The van der Waals surface area contributed by atoms with Crippen molar-refractivity contribution in [2.75, 3.05) is 0 Å². The Hall–Kier alpha value is -4.90. The molecule has 0 bridgehead atoms. The zero-order valence-electron chi connectivity index (χ0n) is 17.9. The van der Waals surface area contributed by atoms with E-state index >= 15 is 0 Å². The molecule has 166 valence electrons. The monoisotopic (exact) mass is 450 g/mol. The normalized spacial score (nSPS) is 15.1. The number of barbiturate groups is 1. The molecule has 0 aliphatic carbocycles. The molecule has 3 heterocycles. The second-order valence-corrected chi connectivity index (χ2v) is 7.83. The molecule has 8 heteroatoms. The summed E-state index contributed by atoms with van der Waals surface area (Å²) in [5.74, 6) is -1.00. The molecule has 1 saturated heterocycles. The summed E-state index contributed by atoms with van der Waals surface area (Å²) in [6.45, 7) is 0.460. The van der Waals surface area contributed by atoms with E-state index in [9.17, 15) is 14.4 Å². The Morgan fingerprint density at radius 1 is 0.971 bits per heavy atom. The zero-order chi connectivity index (χ0) is 23.7. The number of nitrogens with zero attached hydrogens (tertiary/aromatic N) is 3. The third-order valence-electron chi connectivity index (χ3n) is 5.64. The average Bonchev–Trinajstić information content (AvgIpc) is 3.48. The molecule has 2 aromatic carbocycles. The van der Waals surface area contributed by atoms with E-state index in [1.54, 1.807) is 24.3 Å². The van der Waals surface area contributed by atoms with Crippen LogP contribution in [0.3, 0.4) is 0 Å². The molecule has 0 unspecified atom stereocenters. The Morgan fingerprint density at radius 3 is 2.50 bits per heavy atom. The number of hydrogen-bond donors (Lipinski definition) is 1. The highest BCUT2D eigenvalue weighted by Crippen LogP contribution is 2.26. The quantitative estimate of drug-likeness (QED) is 0.367. The first kappa shape index (κ1) is 21.0. The fraction of sp³-hybridized carbons (Fsp3) is 0.0769. The van der Waals surface area contributed by atoms with Gasteiger partial charge in [-0.25, -0.2) is 4.79 Å². The lowest BCUT2D eigenvalue weighted by Gasteiger charge is -2.25. The number of amides is 4. The molecule has 0 saturated carbocycles. The number of carbonyl (C=O) groups is 3. The lowest BCUT2D eigenvalue weighted by molar-refractivity contribution is -0.130. The minimum Gasteiger partial charge on any atom is -0.467 e. The van der Waals surface area contributed by atoms with E-state index in [1.807, 2.05) is 47.2 Å². The number of furan rings is 1. The van der Waals surface area contributed by atoms with Crippen molar-refractivity contribution >= 4 is 34.8 Å². The van der Waals surface area contributed by atoms with E-state index in [0.717, 1.165) is 21.4 Å². The Labute approximate surface area is 194 Å². The predicted molar refractivity (Wildman–Crippen MR) is 123 cm³/mol. The molecule has 1 fully saturated rings. The summed E-state index contributed by atoms with van der Waals surface area (Å²) in [4.78, 5) is 38.9. The van der Waals surface area contributed by atoms with Gasteiger partial charge in [0.2, 0.25) is 0 Å². The summed E-state index contributed by atoms with van der Waals surface area (Å²) in [6.07, 6.45) is 4.83. The van der Waals surface area contributed by atoms with Crippen molar-refractivity contribution in [2.24, 2.45) is 0 Å². The van der Waals surface area contributed by atoms with Gasteiger partial charge in [0.25, 0.3) is 11.8 Å². The minimum absolute atomic E-state index is 0.0806. The van der Waals surface area contributed by atoms with Crippen molar-refractivity contribution in [2.45, 2.75) is 13.1 Å². The van der Waals surface area contributed by atoms with Crippen LogP contribution in [0.5, 0.6) is 0 Å². The number of aromatic nitrogens is 1. The molecule has 0 spiro atoms. The summed E-state index contributed by atoms with van der Waals surface area (Å²) in [5.41, 5.74) is 3.05. The summed E-state index contributed by atoms with van der Waals surface area (Å²) in [6, 6.07) is 19.6. The molecule has 2 aromatic heterocycles. The first-order valence-corrected chi connectivity index (χ1v) is 10.5. The summed E-state index contributed by atoms with van der Waals surface area (Å²) in [5, 5.41) is 12.1. The fourth-order valence-corrected chi connectivity index (χ4v) is 3.95. The van der Waals surface area contributed by atoms with Crippen molar-refractivity contribution < 1.29 is 18.8 Å². The number of fused-ring (bicyclic) bond motifs is 1. The number of nitriles is 1. The number of carbonyl (C=O) groups excluding carboxylic acids is 3. The first-order valence-electron chi connectivity index (χ1n) is 10.5. The molecule has 0 radical (unpaired) electrons. The topological polar surface area (TPSA) is 108 Å². The second kappa shape index (κ2) is 8.56. The first-order chi connectivity index (χ1) is 16.5. The van der Waals surface area contributed by atoms with Crippen LogP contribution in [0.15, 0.2) is 83.1 Å². The minimum atomic E-state index is -0.785. The van der Waals surface area contributed by atoms with E-state index < -0.39 is 17.8 Å². The molecular formula is C26H18N4O4. The van der Waals surface area contributed by atoms with E-state index in [0.29, 0.717) is 23.4 Å². The number of hydrogen-bond acceptors (Lipinski definition) is 5. The van der Waals surface area contributed by atoms with Gasteiger partial charge in [-0.05, 0) is 42.0 Å². The molecular weight excluding hydrogens is 432 g/mol. The lowest BCUT2D eigenvalue weighted by Crippen LogP contribution is -2.53. The maximum atomic E-state index is 13.1. The number of rotatable bonds is 5. The Kier molecular flexibility index (Phi) is 5.28. The van der Waals surface area contributed by atoms with Gasteiger partial charge in [0, 0.05) is 29.2 Å². The van der Waals surface area contributed by atoms with Crippen LogP contribution in [0.1, 0.15) is 22.5 Å². The van der Waals surface area contributed by atoms with E-state index in [4.69, 9.17) is 9.68 Å². The summed E-state index contributed by atoms with van der Waals surface area (Å²) in [7, 11) is 0. The van der Waals surface area contributed by atoms with Gasteiger partial charge < -0.3 is 8.98 Å². The van der Waals surface area contributed by atoms with Crippen LogP contribution in [0.4, 0.5) is 4.79 Å². The Bertz CT molecular complexity index is 1490. The third kappa shape index (κ3) is 3.87. The van der Waals surface area contributed by atoms with Gasteiger partial charge in [-0.2, -0.15) is 5.26 Å². The van der Waals surface area contributed by atoms with Crippen molar-refractivity contribution in [3.05, 3.63) is 101 Å². The van der Waals surface area contributed by atoms with Gasteiger partial charge in [0.1, 0.15) is 11.3 Å². The van der Waals surface area contributed by atoms with Gasteiger partial charge in [0.15, 0.2) is 0 Å². The van der Waals surface area contributed by atoms with Gasteiger partial charge in [-0.1, -0.05) is 30.3 Å². The highest BCUT2D eigenvalue weighted by molar-refractivity contribution is 6.31. The largest absolute Gasteiger partial charge is 0.467 e. The Balaban J connectivity index is 1.51. The van der Waals surface area contributed by atoms with Crippen LogP contribution in [0.2, 0.25) is 0 Å². The highest BCUT2D eigenvalue weighted by atomic mass is 16.3. The van der Waals surface area contributed by atoms with Crippen LogP contribution in [-0.4, -0.2) is 27.3 Å². The van der Waals surface area contributed by atoms with Crippen LogP contribution in [-0.2, 0) is 22.7 Å². The SMILES string of the molecule is N#Cc1ccc(Cn2cc(C=C3C(=O)NC(=O)N(Cc4ccco4)C3=O)c3ccccc32)cc1. The van der Waals surface area contributed by atoms with E-state index in [1.165, 1.54) is 12.3 Å². The molecule has 4 amide bonds. The van der Waals surface area contributed by atoms with Crippen LogP contribution in [0, 0.1) is 11.3 Å². The summed E-state index contributed by atoms with van der Waals surface area (Å²) < 4.78 is 7.26. The van der Waals surface area contributed by atoms with Gasteiger partial charge in [-0.3, -0.25) is 19.8 Å². The predicted octanol–water partition coefficient (Wildman–Crippen LogP) is 3.82. The van der Waals surface area contributed by atoms with Crippen molar-refractivity contribution in [1.29, 1.82) is 5.26 Å².